The Balaban J connectivity index is 2.38. The van der Waals surface area contributed by atoms with Gasteiger partial charge in [0.15, 0.2) is 0 Å². The molecule has 0 aromatic rings. The summed E-state index contributed by atoms with van der Waals surface area (Å²) in [7, 11) is 1.99. The Morgan fingerprint density at radius 2 is 2.33 bits per heavy atom. The summed E-state index contributed by atoms with van der Waals surface area (Å²) in [6.07, 6.45) is 1.25. The molecule has 0 aliphatic carbocycles. The first kappa shape index (κ1) is 7.00. The van der Waals surface area contributed by atoms with Crippen LogP contribution in [0.4, 0.5) is 4.39 Å². The first-order valence-electron chi connectivity index (χ1n) is 3.58. The highest BCUT2D eigenvalue weighted by Crippen LogP contribution is 2.19. The van der Waals surface area contributed by atoms with E-state index in [2.05, 4.69) is 11.8 Å². The molecule has 1 nitrogen and oxygen atoms in total. The molecular formula is C7H14FN. The molecule has 0 bridgehead atoms. The molecule has 1 fully saturated rings. The van der Waals surface area contributed by atoms with Crippen LogP contribution in [0.15, 0.2) is 0 Å². The van der Waals surface area contributed by atoms with Crippen LogP contribution in [0, 0.1) is 0 Å². The van der Waals surface area contributed by atoms with Gasteiger partial charge in [-0.25, -0.2) is 4.39 Å². The van der Waals surface area contributed by atoms with Crippen molar-refractivity contribution in [2.45, 2.75) is 32.0 Å². The number of hydrogen-bond acceptors (Lipinski definition) is 1. The lowest BCUT2D eigenvalue weighted by Gasteiger charge is -2.15. The van der Waals surface area contributed by atoms with Crippen molar-refractivity contribution in [3.8, 4) is 0 Å². The molecule has 0 saturated carbocycles. The molecule has 1 unspecified atom stereocenters. The van der Waals surface area contributed by atoms with Crippen molar-refractivity contribution in [2.75, 3.05) is 13.6 Å². The fourth-order valence-corrected chi connectivity index (χ4v) is 1.49. The Morgan fingerprint density at radius 1 is 1.67 bits per heavy atom. The molecule has 54 valence electrons. The van der Waals surface area contributed by atoms with E-state index >= 15 is 0 Å². The minimum Gasteiger partial charge on any atom is -0.300 e. The Labute approximate surface area is 55.8 Å². The van der Waals surface area contributed by atoms with Gasteiger partial charge in [0.1, 0.15) is 6.17 Å². The van der Waals surface area contributed by atoms with E-state index in [4.69, 9.17) is 0 Å². The van der Waals surface area contributed by atoms with Gasteiger partial charge in [0.25, 0.3) is 0 Å². The Kier molecular flexibility index (Phi) is 2.06. The zero-order valence-corrected chi connectivity index (χ0v) is 6.10. The molecule has 0 amide bonds. The van der Waals surface area contributed by atoms with Crippen molar-refractivity contribution < 1.29 is 4.39 Å². The maximum Gasteiger partial charge on any atom is 0.114 e. The average molecular weight is 131 g/mol. The second-order valence-corrected chi connectivity index (χ2v) is 2.83. The number of rotatable bonds is 1. The lowest BCUT2D eigenvalue weighted by molar-refractivity contribution is 0.290. The van der Waals surface area contributed by atoms with Gasteiger partial charge in [0, 0.05) is 12.6 Å². The monoisotopic (exact) mass is 131 g/mol. The molecule has 2 atom stereocenters. The third-order valence-electron chi connectivity index (χ3n) is 2.11. The van der Waals surface area contributed by atoms with Crippen LogP contribution in [-0.4, -0.2) is 30.7 Å². The van der Waals surface area contributed by atoms with Crippen molar-refractivity contribution in [1.29, 1.82) is 0 Å². The molecule has 1 rings (SSSR count). The molecular weight excluding hydrogens is 117 g/mol. The van der Waals surface area contributed by atoms with E-state index in [1.807, 2.05) is 7.05 Å². The van der Waals surface area contributed by atoms with Gasteiger partial charge in [-0.15, -0.1) is 0 Å². The number of halogens is 1. The van der Waals surface area contributed by atoms with E-state index < -0.39 is 6.17 Å². The van der Waals surface area contributed by atoms with Crippen molar-refractivity contribution in [3.05, 3.63) is 0 Å². The summed E-state index contributed by atoms with van der Waals surface area (Å²) < 4.78 is 12.6. The third kappa shape index (κ3) is 1.42. The van der Waals surface area contributed by atoms with Crippen molar-refractivity contribution >= 4 is 0 Å². The van der Waals surface area contributed by atoms with Crippen LogP contribution in [0.1, 0.15) is 19.8 Å². The molecule has 9 heavy (non-hydrogen) atoms. The summed E-state index contributed by atoms with van der Waals surface area (Å²) in [5.74, 6) is 0. The molecule has 0 aromatic heterocycles. The van der Waals surface area contributed by atoms with E-state index in [0.29, 0.717) is 12.6 Å². The number of nitrogens with zero attached hydrogens (tertiary/aromatic N) is 1. The zero-order valence-electron chi connectivity index (χ0n) is 6.10. The average Bonchev–Trinajstić information content (AvgIpc) is 2.10. The fraction of sp³-hybridized carbons (Fsp3) is 1.00. The van der Waals surface area contributed by atoms with Gasteiger partial charge in [0.05, 0.1) is 0 Å². The van der Waals surface area contributed by atoms with Gasteiger partial charge in [-0.05, 0) is 19.9 Å². The lowest BCUT2D eigenvalue weighted by Crippen LogP contribution is -2.23. The van der Waals surface area contributed by atoms with Gasteiger partial charge in [-0.2, -0.15) is 0 Å². The minimum absolute atomic E-state index is 0.500. The summed E-state index contributed by atoms with van der Waals surface area (Å²) in [4.78, 5) is 2.10. The maximum atomic E-state index is 12.6. The topological polar surface area (TPSA) is 3.24 Å². The molecule has 1 aliphatic heterocycles. The largest absolute Gasteiger partial charge is 0.300 e. The van der Waals surface area contributed by atoms with E-state index in [9.17, 15) is 4.39 Å². The SMILES string of the molecule is CCC1C[C@H](F)CN1C. The van der Waals surface area contributed by atoms with Gasteiger partial charge in [0.2, 0.25) is 0 Å². The normalized spacial score (nSPS) is 37.7. The van der Waals surface area contributed by atoms with E-state index in [-0.39, 0.29) is 0 Å². The zero-order chi connectivity index (χ0) is 6.85. The summed E-state index contributed by atoms with van der Waals surface area (Å²) in [5, 5.41) is 0. The van der Waals surface area contributed by atoms with Crippen LogP contribution in [0.25, 0.3) is 0 Å². The van der Waals surface area contributed by atoms with Gasteiger partial charge in [-0.1, -0.05) is 6.92 Å². The van der Waals surface area contributed by atoms with Gasteiger partial charge in [-0.3, -0.25) is 0 Å². The Bertz CT molecular complexity index is 94.9. The van der Waals surface area contributed by atoms with Gasteiger partial charge >= 0.3 is 0 Å². The second kappa shape index (κ2) is 2.65. The fourth-order valence-electron chi connectivity index (χ4n) is 1.49. The molecule has 0 aromatic carbocycles. The van der Waals surface area contributed by atoms with Crippen LogP contribution in [0.5, 0.6) is 0 Å². The molecule has 1 heterocycles. The summed E-state index contributed by atoms with van der Waals surface area (Å²) in [5.41, 5.74) is 0. The standard InChI is InChI=1S/C7H14FN/c1-3-7-4-6(8)5-9(7)2/h6-7H,3-5H2,1-2H3/t6-,7?/m0/s1. The Morgan fingerprint density at radius 3 is 2.56 bits per heavy atom. The van der Waals surface area contributed by atoms with Crippen LogP contribution in [-0.2, 0) is 0 Å². The van der Waals surface area contributed by atoms with E-state index in [1.165, 1.54) is 0 Å². The maximum absolute atomic E-state index is 12.6. The second-order valence-electron chi connectivity index (χ2n) is 2.83. The first-order chi connectivity index (χ1) is 4.24. The van der Waals surface area contributed by atoms with Crippen LogP contribution >= 0.6 is 0 Å². The molecule has 2 heteroatoms. The van der Waals surface area contributed by atoms with Crippen LogP contribution in [0.2, 0.25) is 0 Å². The number of likely N-dealkylation sites (tertiary alicyclic amines) is 1. The highest BCUT2D eigenvalue weighted by Gasteiger charge is 2.27. The Hall–Kier alpha value is -0.110. The van der Waals surface area contributed by atoms with Crippen LogP contribution in [0.3, 0.4) is 0 Å². The molecule has 0 N–H and O–H groups in total. The van der Waals surface area contributed by atoms with Crippen LogP contribution < -0.4 is 0 Å². The third-order valence-corrected chi connectivity index (χ3v) is 2.11. The minimum atomic E-state index is -0.569. The van der Waals surface area contributed by atoms with Gasteiger partial charge < -0.3 is 4.90 Å². The smallest absolute Gasteiger partial charge is 0.114 e. The van der Waals surface area contributed by atoms with E-state index in [0.717, 1.165) is 12.8 Å². The summed E-state index contributed by atoms with van der Waals surface area (Å²) >= 11 is 0. The van der Waals surface area contributed by atoms with E-state index in [1.54, 1.807) is 0 Å². The summed E-state index contributed by atoms with van der Waals surface area (Å²) in [6.45, 7) is 2.75. The molecule has 1 saturated heterocycles. The quantitative estimate of drug-likeness (QED) is 0.520. The predicted octanol–water partition coefficient (Wildman–Crippen LogP) is 1.44. The molecule has 1 aliphatic rings. The first-order valence-corrected chi connectivity index (χ1v) is 3.58. The highest BCUT2D eigenvalue weighted by molar-refractivity contribution is 4.81. The number of alkyl halides is 1. The highest BCUT2D eigenvalue weighted by atomic mass is 19.1. The van der Waals surface area contributed by atoms with Crippen molar-refractivity contribution in [3.63, 3.8) is 0 Å². The predicted molar refractivity (Wildman–Crippen MR) is 36.2 cm³/mol. The summed E-state index contributed by atoms with van der Waals surface area (Å²) in [6, 6.07) is 0.500. The lowest BCUT2D eigenvalue weighted by atomic mass is 10.2. The molecule has 0 radical (unpaired) electrons. The van der Waals surface area contributed by atoms with Crippen molar-refractivity contribution in [2.24, 2.45) is 0 Å². The molecule has 0 spiro atoms. The number of hydrogen-bond donors (Lipinski definition) is 0. The van der Waals surface area contributed by atoms with Crippen molar-refractivity contribution in [1.82, 2.24) is 4.90 Å².